The van der Waals surface area contributed by atoms with Gasteiger partial charge in [-0.15, -0.1) is 0 Å². The van der Waals surface area contributed by atoms with Crippen LogP contribution in [-0.2, 0) is 6.42 Å². The molecule has 5 heteroatoms. The summed E-state index contributed by atoms with van der Waals surface area (Å²) in [5.41, 5.74) is 3.87. The van der Waals surface area contributed by atoms with Gasteiger partial charge in [0.05, 0.1) is 0 Å². The first-order valence-corrected chi connectivity index (χ1v) is 7.18. The van der Waals surface area contributed by atoms with E-state index in [-0.39, 0.29) is 11.9 Å². The van der Waals surface area contributed by atoms with Crippen molar-refractivity contribution in [3.8, 4) is 0 Å². The van der Waals surface area contributed by atoms with Crippen LogP contribution in [0.15, 0.2) is 24.3 Å². The highest BCUT2D eigenvalue weighted by atomic mass is 19.1. The van der Waals surface area contributed by atoms with Crippen LogP contribution in [0.2, 0.25) is 0 Å². The van der Waals surface area contributed by atoms with Gasteiger partial charge in [-0.25, -0.2) is 4.39 Å². The minimum absolute atomic E-state index is 0.163. The first kappa shape index (κ1) is 15.4. The average molecular weight is 280 g/mol. The molecule has 0 bridgehead atoms. The van der Waals surface area contributed by atoms with Gasteiger partial charge in [0.25, 0.3) is 0 Å². The van der Waals surface area contributed by atoms with E-state index in [0.29, 0.717) is 6.04 Å². The van der Waals surface area contributed by atoms with Crippen LogP contribution < -0.4 is 11.3 Å². The van der Waals surface area contributed by atoms with Gasteiger partial charge in [-0.05, 0) is 44.6 Å². The molecular weight excluding hydrogens is 255 g/mol. The summed E-state index contributed by atoms with van der Waals surface area (Å²) >= 11 is 0. The van der Waals surface area contributed by atoms with E-state index in [2.05, 4.69) is 29.3 Å². The lowest BCUT2D eigenvalue weighted by atomic mass is 9.98. The fourth-order valence-electron chi connectivity index (χ4n) is 2.84. The molecule has 4 nitrogen and oxygen atoms in total. The van der Waals surface area contributed by atoms with Gasteiger partial charge in [-0.3, -0.25) is 11.3 Å². The molecule has 2 rings (SSSR count). The van der Waals surface area contributed by atoms with Gasteiger partial charge in [0.15, 0.2) is 0 Å². The van der Waals surface area contributed by atoms with Gasteiger partial charge in [-0.2, -0.15) is 0 Å². The van der Waals surface area contributed by atoms with Crippen molar-refractivity contribution in [2.24, 2.45) is 5.84 Å². The van der Waals surface area contributed by atoms with Crippen molar-refractivity contribution < 1.29 is 4.39 Å². The lowest BCUT2D eigenvalue weighted by molar-refractivity contribution is 0.101. The zero-order valence-electron chi connectivity index (χ0n) is 12.3. The molecule has 0 spiro atoms. The Balaban J connectivity index is 1.94. The van der Waals surface area contributed by atoms with Crippen molar-refractivity contribution >= 4 is 0 Å². The number of hydrogen-bond acceptors (Lipinski definition) is 4. The summed E-state index contributed by atoms with van der Waals surface area (Å²) in [6.45, 7) is 3.24. The highest BCUT2D eigenvalue weighted by Crippen LogP contribution is 2.15. The first-order chi connectivity index (χ1) is 9.58. The highest BCUT2D eigenvalue weighted by molar-refractivity contribution is 5.17. The van der Waals surface area contributed by atoms with Crippen LogP contribution in [0.25, 0.3) is 0 Å². The van der Waals surface area contributed by atoms with Crippen LogP contribution in [-0.4, -0.2) is 55.6 Å². The summed E-state index contributed by atoms with van der Waals surface area (Å²) in [7, 11) is 4.31. The molecule has 112 valence electrons. The Morgan fingerprint density at radius 3 is 2.90 bits per heavy atom. The quantitative estimate of drug-likeness (QED) is 0.619. The smallest absolute Gasteiger partial charge is 0.123 e. The summed E-state index contributed by atoms with van der Waals surface area (Å²) in [5, 5.41) is 0. The maximum Gasteiger partial charge on any atom is 0.123 e. The fraction of sp³-hybridized carbons (Fsp3) is 0.600. The maximum absolute atomic E-state index is 13.2. The number of rotatable bonds is 5. The SMILES string of the molecule is CN1CCN(C)C(CC(Cc2cccc(F)c2)NN)C1. The molecule has 20 heavy (non-hydrogen) atoms. The third kappa shape index (κ3) is 4.24. The maximum atomic E-state index is 13.2. The summed E-state index contributed by atoms with van der Waals surface area (Å²) in [5.74, 6) is 5.49. The van der Waals surface area contributed by atoms with Crippen molar-refractivity contribution in [3.05, 3.63) is 35.6 Å². The second-order valence-electron chi connectivity index (χ2n) is 5.83. The largest absolute Gasteiger partial charge is 0.304 e. The summed E-state index contributed by atoms with van der Waals surface area (Å²) in [6, 6.07) is 7.40. The number of piperazine rings is 1. The molecule has 0 saturated carbocycles. The third-order valence-electron chi connectivity index (χ3n) is 4.14. The van der Waals surface area contributed by atoms with Gasteiger partial charge in [0.1, 0.15) is 5.82 Å². The standard InChI is InChI=1S/C15H25FN4/c1-19-6-7-20(2)15(11-19)10-14(18-17)9-12-4-3-5-13(16)8-12/h3-5,8,14-15,18H,6-7,9-11,17H2,1-2H3. The van der Waals surface area contributed by atoms with E-state index in [1.165, 1.54) is 6.07 Å². The summed E-state index contributed by atoms with van der Waals surface area (Å²) in [4.78, 5) is 4.73. The molecule has 1 saturated heterocycles. The van der Waals surface area contributed by atoms with Crippen LogP contribution in [0.3, 0.4) is 0 Å². The Morgan fingerprint density at radius 2 is 2.20 bits per heavy atom. The van der Waals surface area contributed by atoms with E-state index in [0.717, 1.165) is 38.0 Å². The van der Waals surface area contributed by atoms with Gasteiger partial charge in [-0.1, -0.05) is 12.1 Å². The Bertz CT molecular complexity index is 426. The minimum atomic E-state index is -0.187. The minimum Gasteiger partial charge on any atom is -0.304 e. The van der Waals surface area contributed by atoms with Crippen LogP contribution in [0.1, 0.15) is 12.0 Å². The second kappa shape index (κ2) is 7.13. The van der Waals surface area contributed by atoms with E-state index in [4.69, 9.17) is 5.84 Å². The molecule has 2 atom stereocenters. The van der Waals surface area contributed by atoms with E-state index in [1.807, 2.05) is 6.07 Å². The molecule has 1 heterocycles. The van der Waals surface area contributed by atoms with Crippen molar-refractivity contribution in [2.45, 2.75) is 24.9 Å². The Hall–Kier alpha value is -1.01. The normalized spacial score (nSPS) is 22.9. The number of nitrogens with zero attached hydrogens (tertiary/aromatic N) is 2. The van der Waals surface area contributed by atoms with Gasteiger partial charge >= 0.3 is 0 Å². The van der Waals surface area contributed by atoms with Crippen LogP contribution in [0, 0.1) is 5.82 Å². The topological polar surface area (TPSA) is 44.5 Å². The number of nitrogens with two attached hydrogens (primary N) is 1. The van der Waals surface area contributed by atoms with Crippen LogP contribution >= 0.6 is 0 Å². The molecule has 0 amide bonds. The Morgan fingerprint density at radius 1 is 1.40 bits per heavy atom. The van der Waals surface area contributed by atoms with Gasteiger partial charge in [0.2, 0.25) is 0 Å². The Labute approximate surface area is 120 Å². The fourth-order valence-corrected chi connectivity index (χ4v) is 2.84. The number of nitrogens with one attached hydrogen (secondary N) is 1. The van der Waals surface area contributed by atoms with E-state index < -0.39 is 0 Å². The lowest BCUT2D eigenvalue weighted by Gasteiger charge is -2.39. The van der Waals surface area contributed by atoms with E-state index >= 15 is 0 Å². The molecule has 1 fully saturated rings. The molecular formula is C15H25FN4. The zero-order valence-corrected chi connectivity index (χ0v) is 12.3. The number of likely N-dealkylation sites (N-methyl/N-ethyl adjacent to an activating group) is 2. The van der Waals surface area contributed by atoms with Crippen molar-refractivity contribution in [1.29, 1.82) is 0 Å². The molecule has 0 radical (unpaired) electrons. The molecule has 1 aliphatic rings. The number of hydrazine groups is 1. The van der Waals surface area contributed by atoms with E-state index in [1.54, 1.807) is 12.1 Å². The van der Waals surface area contributed by atoms with Crippen molar-refractivity contribution in [1.82, 2.24) is 15.2 Å². The van der Waals surface area contributed by atoms with E-state index in [9.17, 15) is 4.39 Å². The molecule has 1 aliphatic heterocycles. The van der Waals surface area contributed by atoms with Crippen LogP contribution in [0.4, 0.5) is 4.39 Å². The molecule has 2 unspecified atom stereocenters. The van der Waals surface area contributed by atoms with Gasteiger partial charge in [0, 0.05) is 31.7 Å². The highest BCUT2D eigenvalue weighted by Gasteiger charge is 2.25. The Kier molecular flexibility index (Phi) is 5.48. The monoisotopic (exact) mass is 280 g/mol. The molecule has 1 aromatic rings. The lowest BCUT2D eigenvalue weighted by Crippen LogP contribution is -2.53. The summed E-state index contributed by atoms with van der Waals surface area (Å²) in [6.07, 6.45) is 1.72. The number of halogens is 1. The van der Waals surface area contributed by atoms with Crippen molar-refractivity contribution in [3.63, 3.8) is 0 Å². The molecule has 1 aromatic carbocycles. The second-order valence-corrected chi connectivity index (χ2v) is 5.83. The third-order valence-corrected chi connectivity index (χ3v) is 4.14. The molecule has 3 N–H and O–H groups in total. The number of benzene rings is 1. The molecule has 0 aromatic heterocycles. The zero-order chi connectivity index (χ0) is 14.5. The van der Waals surface area contributed by atoms with Crippen molar-refractivity contribution in [2.75, 3.05) is 33.7 Å². The number of hydrogen-bond donors (Lipinski definition) is 2. The average Bonchev–Trinajstić information content (AvgIpc) is 2.42. The van der Waals surface area contributed by atoms with Gasteiger partial charge < -0.3 is 9.80 Å². The summed E-state index contributed by atoms with van der Waals surface area (Å²) < 4.78 is 13.2. The molecule has 0 aliphatic carbocycles. The predicted molar refractivity (Wildman–Crippen MR) is 79.7 cm³/mol. The predicted octanol–water partition coefficient (Wildman–Crippen LogP) is 0.836. The van der Waals surface area contributed by atoms with Crippen LogP contribution in [0.5, 0.6) is 0 Å². The first-order valence-electron chi connectivity index (χ1n) is 7.18.